The van der Waals surface area contributed by atoms with Crippen LogP contribution in [0.3, 0.4) is 0 Å². The molecule has 1 aliphatic rings. The molecule has 8 heteroatoms. The van der Waals surface area contributed by atoms with Gasteiger partial charge in [0.15, 0.2) is 5.65 Å². The molecule has 0 aliphatic carbocycles. The molecule has 3 heterocycles. The topological polar surface area (TPSA) is 69.6 Å². The normalized spacial score (nSPS) is 14.5. The van der Waals surface area contributed by atoms with Gasteiger partial charge in [-0.15, -0.1) is 0 Å². The largest absolute Gasteiger partial charge is 0.491 e. The fourth-order valence-corrected chi connectivity index (χ4v) is 5.35. The molecule has 1 atom stereocenters. The van der Waals surface area contributed by atoms with E-state index in [1.165, 1.54) is 17.7 Å². The minimum absolute atomic E-state index is 0.0909. The highest BCUT2D eigenvalue weighted by atomic mass is 19.1. The van der Waals surface area contributed by atoms with E-state index in [-0.39, 0.29) is 11.9 Å². The Morgan fingerprint density at radius 2 is 1.90 bits per heavy atom. The molecule has 7 nitrogen and oxygen atoms in total. The van der Waals surface area contributed by atoms with Gasteiger partial charge in [0.2, 0.25) is 0 Å². The smallest absolute Gasteiger partial charge is 0.177 e. The number of aromatic nitrogens is 3. The summed E-state index contributed by atoms with van der Waals surface area (Å²) in [6.07, 6.45) is 2.55. The van der Waals surface area contributed by atoms with Gasteiger partial charge in [0, 0.05) is 36.8 Å². The van der Waals surface area contributed by atoms with E-state index in [1.807, 2.05) is 25.3 Å². The van der Waals surface area contributed by atoms with Crippen LogP contribution < -0.4 is 4.74 Å². The lowest BCUT2D eigenvalue weighted by Crippen LogP contribution is -2.36. The van der Waals surface area contributed by atoms with Crippen molar-refractivity contribution in [3.05, 3.63) is 88.6 Å². The Morgan fingerprint density at radius 1 is 1.12 bits per heavy atom. The lowest BCUT2D eigenvalue weighted by atomic mass is 9.98. The van der Waals surface area contributed by atoms with Crippen molar-refractivity contribution < 1.29 is 9.13 Å². The number of H-pyrrole nitrogens is 1. The third-order valence-corrected chi connectivity index (χ3v) is 7.27. The second-order valence-electron chi connectivity index (χ2n) is 11.4. The number of amidine groups is 1. The van der Waals surface area contributed by atoms with Gasteiger partial charge in [-0.05, 0) is 88.8 Å². The minimum atomic E-state index is -0.227. The number of fused-ring (bicyclic) bond motifs is 2. The number of imidazole rings is 1. The summed E-state index contributed by atoms with van der Waals surface area (Å²) < 4.78 is 19.9. The number of rotatable bonds is 7. The number of aryl methyl sites for hydroxylation is 1. The summed E-state index contributed by atoms with van der Waals surface area (Å²) in [5, 5.41) is 0. The molecule has 1 unspecified atom stereocenters. The molecule has 4 aromatic rings. The van der Waals surface area contributed by atoms with Crippen molar-refractivity contribution in [2.24, 2.45) is 4.99 Å². The summed E-state index contributed by atoms with van der Waals surface area (Å²) in [5.41, 5.74) is 8.25. The second kappa shape index (κ2) is 12.2. The Morgan fingerprint density at radius 3 is 2.63 bits per heavy atom. The first-order chi connectivity index (χ1) is 19.7. The Hall–Kier alpha value is -4.04. The molecule has 214 valence electrons. The van der Waals surface area contributed by atoms with E-state index in [0.29, 0.717) is 26.1 Å². The standard InChI is InChI=1S/C33H39FN6O/c1-21(2)29(15-24-7-10-28(34)11-8-24)33(36-22(3)19-39(5)6)40-13-14-41-31-12-9-25(16-27(31)20-40)26-17-30-32(35-18-26)38-23(4)37-30/h7-12,16-18,22H,13-15,19-20H2,1-6H3,(H,35,37,38). The lowest BCUT2D eigenvalue weighted by Gasteiger charge is -2.29. The van der Waals surface area contributed by atoms with Gasteiger partial charge in [-0.25, -0.2) is 14.4 Å². The van der Waals surface area contributed by atoms with Gasteiger partial charge < -0.3 is 19.5 Å². The van der Waals surface area contributed by atoms with Crippen molar-refractivity contribution in [1.29, 1.82) is 0 Å². The number of pyridine rings is 1. The number of nitrogens with one attached hydrogen (secondary N) is 1. The molecule has 0 bridgehead atoms. The SMILES string of the molecule is CC(C)=C(Cc1ccc(F)cc1)C(=NC(C)CN(C)C)N1CCOc2ccc(-c3cnc4nc(C)[nH]c4c3)cc2C1. The van der Waals surface area contributed by atoms with Crippen LogP contribution in [0.1, 0.15) is 37.7 Å². The molecule has 0 radical (unpaired) electrons. The fourth-order valence-electron chi connectivity index (χ4n) is 5.35. The van der Waals surface area contributed by atoms with Gasteiger partial charge in [0.1, 0.15) is 29.8 Å². The maximum atomic E-state index is 13.7. The minimum Gasteiger partial charge on any atom is -0.491 e. The van der Waals surface area contributed by atoms with Crippen LogP contribution in [0.2, 0.25) is 0 Å². The summed E-state index contributed by atoms with van der Waals surface area (Å²) in [7, 11) is 4.14. The number of aliphatic imine (C=N–C) groups is 1. The van der Waals surface area contributed by atoms with Gasteiger partial charge >= 0.3 is 0 Å². The van der Waals surface area contributed by atoms with Crippen LogP contribution in [0.4, 0.5) is 4.39 Å². The van der Waals surface area contributed by atoms with Crippen molar-refractivity contribution in [1.82, 2.24) is 24.8 Å². The van der Waals surface area contributed by atoms with E-state index in [0.717, 1.165) is 62.9 Å². The van der Waals surface area contributed by atoms with E-state index in [2.05, 4.69) is 83.9 Å². The van der Waals surface area contributed by atoms with Crippen LogP contribution in [0, 0.1) is 12.7 Å². The number of nitrogens with zero attached hydrogens (tertiary/aromatic N) is 5. The highest BCUT2D eigenvalue weighted by molar-refractivity contribution is 5.99. The molecule has 2 aromatic heterocycles. The van der Waals surface area contributed by atoms with Crippen molar-refractivity contribution in [3.8, 4) is 16.9 Å². The van der Waals surface area contributed by atoms with Crippen molar-refractivity contribution >= 4 is 17.0 Å². The molecule has 1 aliphatic heterocycles. The van der Waals surface area contributed by atoms with Crippen LogP contribution in [-0.4, -0.2) is 70.4 Å². The van der Waals surface area contributed by atoms with Crippen LogP contribution in [-0.2, 0) is 13.0 Å². The van der Waals surface area contributed by atoms with Gasteiger partial charge in [-0.2, -0.15) is 0 Å². The first-order valence-corrected chi connectivity index (χ1v) is 14.1. The van der Waals surface area contributed by atoms with Crippen LogP contribution >= 0.6 is 0 Å². The molecule has 41 heavy (non-hydrogen) atoms. The number of aromatic amines is 1. The second-order valence-corrected chi connectivity index (χ2v) is 11.4. The molecule has 0 saturated carbocycles. The molecule has 0 spiro atoms. The zero-order valence-corrected chi connectivity index (χ0v) is 24.8. The first kappa shape index (κ1) is 28.5. The number of halogens is 1. The third kappa shape index (κ3) is 6.82. The van der Waals surface area contributed by atoms with E-state index in [9.17, 15) is 4.39 Å². The van der Waals surface area contributed by atoms with E-state index in [1.54, 1.807) is 0 Å². The number of benzene rings is 2. The summed E-state index contributed by atoms with van der Waals surface area (Å²) in [4.78, 5) is 22.1. The number of allylic oxidation sites excluding steroid dienone is 1. The monoisotopic (exact) mass is 554 g/mol. The summed E-state index contributed by atoms with van der Waals surface area (Å²) in [6, 6.07) is 15.3. The predicted molar refractivity (Wildman–Crippen MR) is 164 cm³/mol. The molecule has 1 N–H and O–H groups in total. The van der Waals surface area contributed by atoms with Crippen LogP contribution in [0.25, 0.3) is 22.3 Å². The molecule has 0 fully saturated rings. The Bertz CT molecular complexity index is 1580. The maximum absolute atomic E-state index is 13.7. The Kier molecular flexibility index (Phi) is 8.49. The van der Waals surface area contributed by atoms with E-state index < -0.39 is 0 Å². The average molecular weight is 555 g/mol. The Labute approximate surface area is 241 Å². The van der Waals surface area contributed by atoms with E-state index >= 15 is 0 Å². The maximum Gasteiger partial charge on any atom is 0.177 e. The van der Waals surface area contributed by atoms with Crippen LogP contribution in [0.15, 0.2) is 70.9 Å². The molecule has 2 aromatic carbocycles. The Balaban J connectivity index is 1.51. The number of likely N-dealkylation sites (N-methyl/N-ethyl adjacent to an activating group) is 1. The zero-order chi connectivity index (χ0) is 29.1. The fraction of sp³-hybridized carbons (Fsp3) is 0.364. The van der Waals surface area contributed by atoms with Crippen molar-refractivity contribution in [3.63, 3.8) is 0 Å². The zero-order valence-electron chi connectivity index (χ0n) is 24.8. The highest BCUT2D eigenvalue weighted by Gasteiger charge is 2.24. The van der Waals surface area contributed by atoms with Crippen molar-refractivity contribution in [2.45, 2.75) is 46.7 Å². The lowest BCUT2D eigenvalue weighted by molar-refractivity contribution is 0.288. The third-order valence-electron chi connectivity index (χ3n) is 7.27. The summed E-state index contributed by atoms with van der Waals surface area (Å²) in [5.74, 6) is 2.49. The predicted octanol–water partition coefficient (Wildman–Crippen LogP) is 6.19. The summed E-state index contributed by atoms with van der Waals surface area (Å²) in [6.45, 7) is 11.1. The molecule has 0 amide bonds. The number of hydrogen-bond acceptors (Lipinski definition) is 5. The molecular weight excluding hydrogens is 515 g/mol. The molecule has 0 saturated heterocycles. The quantitative estimate of drug-likeness (QED) is 0.218. The number of ether oxygens (including phenoxy) is 1. The van der Waals surface area contributed by atoms with Gasteiger partial charge in [-0.3, -0.25) is 4.99 Å². The van der Waals surface area contributed by atoms with E-state index in [4.69, 9.17) is 9.73 Å². The molecular formula is C33H39FN6O. The summed E-state index contributed by atoms with van der Waals surface area (Å²) >= 11 is 0. The first-order valence-electron chi connectivity index (χ1n) is 14.1. The average Bonchev–Trinajstić information content (AvgIpc) is 3.16. The van der Waals surface area contributed by atoms with Gasteiger partial charge in [0.25, 0.3) is 0 Å². The number of hydrogen-bond donors (Lipinski definition) is 1. The van der Waals surface area contributed by atoms with Crippen LogP contribution in [0.5, 0.6) is 5.75 Å². The molecule has 5 rings (SSSR count). The van der Waals surface area contributed by atoms with Crippen molar-refractivity contribution in [2.75, 3.05) is 33.8 Å². The highest BCUT2D eigenvalue weighted by Crippen LogP contribution is 2.31. The van der Waals surface area contributed by atoms with Gasteiger partial charge in [0.05, 0.1) is 18.1 Å². The van der Waals surface area contributed by atoms with Gasteiger partial charge in [-0.1, -0.05) is 23.8 Å².